The molecule has 0 spiro atoms. The summed E-state index contributed by atoms with van der Waals surface area (Å²) in [5, 5.41) is 8.34. The quantitative estimate of drug-likeness (QED) is 0.463. The summed E-state index contributed by atoms with van der Waals surface area (Å²) in [5.74, 6) is 0. The van der Waals surface area contributed by atoms with Gasteiger partial charge in [0.05, 0.1) is 12.7 Å². The van der Waals surface area contributed by atoms with Gasteiger partial charge in [0.2, 0.25) is 0 Å². The molecule has 0 heterocycles. The van der Waals surface area contributed by atoms with Crippen molar-refractivity contribution in [1.29, 1.82) is 0 Å². The summed E-state index contributed by atoms with van der Waals surface area (Å²) in [6, 6.07) is 0. The Hall–Kier alpha value is -0.770. The Morgan fingerprint density at radius 1 is 1.19 bits per heavy atom. The molecule has 0 aliphatic carbocycles. The molecule has 0 aliphatic rings. The molecule has 0 rings (SSSR count). The first-order valence-electron chi connectivity index (χ1n) is 6.18. The second kappa shape index (κ2) is 10.7. The zero-order valence-corrected chi connectivity index (χ0v) is 10.4. The number of hydrogen-bond donors (Lipinski definition) is 1. The van der Waals surface area contributed by atoms with Crippen LogP contribution >= 0.6 is 0 Å². The average Bonchev–Trinajstić information content (AvgIpc) is 2.23. The standard InChI is InChI=1S/C12H24O4/c1-3-5-6-7-8-11(15-4-2)9-10-16-12(13)14/h11H,3-10H2,1-2H3,(H,13,14). The summed E-state index contributed by atoms with van der Waals surface area (Å²) < 4.78 is 10.0. The molecule has 1 unspecified atom stereocenters. The van der Waals surface area contributed by atoms with Crippen LogP contribution in [0, 0.1) is 0 Å². The Bertz CT molecular complexity index is 170. The van der Waals surface area contributed by atoms with Crippen LogP contribution in [0.1, 0.15) is 52.4 Å². The lowest BCUT2D eigenvalue weighted by Gasteiger charge is -2.16. The topological polar surface area (TPSA) is 55.8 Å². The van der Waals surface area contributed by atoms with Crippen LogP contribution < -0.4 is 0 Å². The van der Waals surface area contributed by atoms with E-state index in [4.69, 9.17) is 9.84 Å². The number of carboxylic acid groups (broad SMARTS) is 1. The van der Waals surface area contributed by atoms with Crippen molar-refractivity contribution in [3.05, 3.63) is 0 Å². The SMILES string of the molecule is CCCCCCC(CCOC(=O)O)OCC. The van der Waals surface area contributed by atoms with Crippen molar-refractivity contribution < 1.29 is 19.4 Å². The van der Waals surface area contributed by atoms with Crippen LogP contribution in [-0.2, 0) is 9.47 Å². The fraction of sp³-hybridized carbons (Fsp3) is 0.917. The molecule has 1 N–H and O–H groups in total. The molecule has 0 amide bonds. The van der Waals surface area contributed by atoms with E-state index in [1.165, 1.54) is 19.3 Å². The molecule has 0 radical (unpaired) electrons. The van der Waals surface area contributed by atoms with Gasteiger partial charge in [0.1, 0.15) is 0 Å². The van der Waals surface area contributed by atoms with Gasteiger partial charge in [0, 0.05) is 13.0 Å². The van der Waals surface area contributed by atoms with Crippen LogP contribution in [0.5, 0.6) is 0 Å². The molecule has 0 fully saturated rings. The van der Waals surface area contributed by atoms with Crippen LogP contribution in [0.25, 0.3) is 0 Å². The molecular formula is C12H24O4. The predicted molar refractivity (Wildman–Crippen MR) is 62.8 cm³/mol. The van der Waals surface area contributed by atoms with Gasteiger partial charge in [-0.1, -0.05) is 32.6 Å². The minimum Gasteiger partial charge on any atom is -0.450 e. The van der Waals surface area contributed by atoms with E-state index in [2.05, 4.69) is 11.7 Å². The fourth-order valence-corrected chi connectivity index (χ4v) is 1.62. The number of carbonyl (C=O) groups is 1. The highest BCUT2D eigenvalue weighted by Crippen LogP contribution is 2.11. The Morgan fingerprint density at radius 2 is 1.94 bits per heavy atom. The normalized spacial score (nSPS) is 12.4. The van der Waals surface area contributed by atoms with Crippen molar-refractivity contribution in [2.24, 2.45) is 0 Å². The first kappa shape index (κ1) is 15.2. The fourth-order valence-electron chi connectivity index (χ4n) is 1.62. The molecule has 0 bridgehead atoms. The van der Waals surface area contributed by atoms with E-state index in [0.29, 0.717) is 13.0 Å². The largest absolute Gasteiger partial charge is 0.505 e. The highest BCUT2D eigenvalue weighted by atomic mass is 16.7. The molecule has 1 atom stereocenters. The molecule has 0 aromatic rings. The average molecular weight is 232 g/mol. The van der Waals surface area contributed by atoms with E-state index in [9.17, 15) is 4.79 Å². The van der Waals surface area contributed by atoms with Crippen molar-refractivity contribution in [3.63, 3.8) is 0 Å². The first-order valence-corrected chi connectivity index (χ1v) is 6.18. The van der Waals surface area contributed by atoms with E-state index < -0.39 is 6.16 Å². The predicted octanol–water partition coefficient (Wildman–Crippen LogP) is 3.45. The summed E-state index contributed by atoms with van der Waals surface area (Å²) in [6.45, 7) is 5.04. The van der Waals surface area contributed by atoms with Crippen molar-refractivity contribution in [3.8, 4) is 0 Å². The van der Waals surface area contributed by atoms with Gasteiger partial charge in [-0.3, -0.25) is 0 Å². The van der Waals surface area contributed by atoms with Crippen molar-refractivity contribution in [1.82, 2.24) is 0 Å². The molecule has 4 nitrogen and oxygen atoms in total. The molecule has 0 saturated carbocycles. The van der Waals surface area contributed by atoms with Gasteiger partial charge in [-0.2, -0.15) is 0 Å². The lowest BCUT2D eigenvalue weighted by atomic mass is 10.1. The van der Waals surface area contributed by atoms with Crippen LogP contribution in [0.4, 0.5) is 4.79 Å². The summed E-state index contributed by atoms with van der Waals surface area (Å²) in [4.78, 5) is 10.2. The molecule has 0 aromatic carbocycles. The number of ether oxygens (including phenoxy) is 2. The molecule has 0 saturated heterocycles. The Labute approximate surface area is 97.9 Å². The third-order valence-electron chi connectivity index (χ3n) is 2.45. The highest BCUT2D eigenvalue weighted by Gasteiger charge is 2.09. The summed E-state index contributed by atoms with van der Waals surface area (Å²) >= 11 is 0. The maximum Gasteiger partial charge on any atom is 0.505 e. The van der Waals surface area contributed by atoms with Gasteiger partial charge >= 0.3 is 6.16 Å². The van der Waals surface area contributed by atoms with E-state index in [-0.39, 0.29) is 12.7 Å². The van der Waals surface area contributed by atoms with Gasteiger partial charge in [0.25, 0.3) is 0 Å². The molecular weight excluding hydrogens is 208 g/mol. The smallest absolute Gasteiger partial charge is 0.450 e. The van der Waals surface area contributed by atoms with Crippen molar-refractivity contribution in [2.45, 2.75) is 58.5 Å². The first-order chi connectivity index (χ1) is 7.70. The Balaban J connectivity index is 3.57. The van der Waals surface area contributed by atoms with Gasteiger partial charge in [-0.15, -0.1) is 0 Å². The zero-order chi connectivity index (χ0) is 12.2. The minimum atomic E-state index is -1.21. The maximum atomic E-state index is 10.2. The third-order valence-corrected chi connectivity index (χ3v) is 2.45. The van der Waals surface area contributed by atoms with Gasteiger partial charge in [0.15, 0.2) is 0 Å². The maximum absolute atomic E-state index is 10.2. The third kappa shape index (κ3) is 9.77. The van der Waals surface area contributed by atoms with Crippen LogP contribution in [-0.4, -0.2) is 30.6 Å². The van der Waals surface area contributed by atoms with Gasteiger partial charge in [-0.25, -0.2) is 4.79 Å². The second-order valence-corrected chi connectivity index (χ2v) is 3.83. The second-order valence-electron chi connectivity index (χ2n) is 3.83. The van der Waals surface area contributed by atoms with E-state index >= 15 is 0 Å². The lowest BCUT2D eigenvalue weighted by molar-refractivity contribution is 0.0250. The van der Waals surface area contributed by atoms with E-state index in [1.54, 1.807) is 0 Å². The van der Waals surface area contributed by atoms with Gasteiger partial charge in [-0.05, 0) is 13.3 Å². The lowest BCUT2D eigenvalue weighted by Crippen LogP contribution is -2.16. The van der Waals surface area contributed by atoms with Crippen LogP contribution in [0.3, 0.4) is 0 Å². The number of unbranched alkanes of at least 4 members (excludes halogenated alkanes) is 3. The molecule has 0 aliphatic heterocycles. The summed E-state index contributed by atoms with van der Waals surface area (Å²) in [5.41, 5.74) is 0. The van der Waals surface area contributed by atoms with Crippen LogP contribution in [0.2, 0.25) is 0 Å². The van der Waals surface area contributed by atoms with E-state index in [1.807, 2.05) is 6.92 Å². The highest BCUT2D eigenvalue weighted by molar-refractivity contribution is 5.56. The zero-order valence-electron chi connectivity index (χ0n) is 10.4. The molecule has 96 valence electrons. The van der Waals surface area contributed by atoms with E-state index in [0.717, 1.165) is 12.8 Å². The number of rotatable bonds is 10. The monoisotopic (exact) mass is 232 g/mol. The molecule has 16 heavy (non-hydrogen) atoms. The summed E-state index contributed by atoms with van der Waals surface area (Å²) in [6.07, 6.45) is 5.43. The minimum absolute atomic E-state index is 0.140. The summed E-state index contributed by atoms with van der Waals surface area (Å²) in [7, 11) is 0. The Kier molecular flexibility index (Phi) is 10.2. The van der Waals surface area contributed by atoms with Crippen molar-refractivity contribution in [2.75, 3.05) is 13.2 Å². The van der Waals surface area contributed by atoms with Crippen LogP contribution in [0.15, 0.2) is 0 Å². The molecule has 4 heteroatoms. The molecule has 0 aromatic heterocycles. The van der Waals surface area contributed by atoms with Crippen molar-refractivity contribution >= 4 is 6.16 Å². The Morgan fingerprint density at radius 3 is 2.50 bits per heavy atom. The number of hydrogen-bond acceptors (Lipinski definition) is 3. The van der Waals surface area contributed by atoms with Gasteiger partial charge < -0.3 is 14.6 Å².